The van der Waals surface area contributed by atoms with Gasteiger partial charge in [-0.15, -0.1) is 4.37 Å². The molecule has 0 aromatic carbocycles. The topological polar surface area (TPSA) is 87.5 Å². The standard InChI is InChI=1S/C9H17N3O3S/c1-9(2,14)6-10-3-7(13)5-15-8-4-11-16-12-8/h4,7,10,13-14H,3,5-6H2,1-2H3. The Labute approximate surface area is 98.6 Å². The smallest absolute Gasteiger partial charge is 0.245 e. The van der Waals surface area contributed by atoms with Gasteiger partial charge in [-0.25, -0.2) is 0 Å². The molecule has 1 heterocycles. The molecule has 0 aliphatic rings. The molecule has 3 N–H and O–H groups in total. The van der Waals surface area contributed by atoms with Gasteiger partial charge >= 0.3 is 0 Å². The lowest BCUT2D eigenvalue weighted by atomic mass is 10.1. The van der Waals surface area contributed by atoms with Crippen LogP contribution in [0.25, 0.3) is 0 Å². The summed E-state index contributed by atoms with van der Waals surface area (Å²) >= 11 is 1.06. The van der Waals surface area contributed by atoms with E-state index < -0.39 is 11.7 Å². The van der Waals surface area contributed by atoms with Crippen molar-refractivity contribution in [2.45, 2.75) is 25.6 Å². The summed E-state index contributed by atoms with van der Waals surface area (Å²) in [5.41, 5.74) is -0.778. The second-order valence-electron chi connectivity index (χ2n) is 4.15. The summed E-state index contributed by atoms with van der Waals surface area (Å²) in [5, 5.41) is 21.9. The fourth-order valence-corrected chi connectivity index (χ4v) is 1.37. The van der Waals surface area contributed by atoms with E-state index in [1.807, 2.05) is 0 Å². The maximum Gasteiger partial charge on any atom is 0.245 e. The molecule has 0 fully saturated rings. The third-order valence-corrected chi connectivity index (χ3v) is 2.16. The average molecular weight is 247 g/mol. The van der Waals surface area contributed by atoms with Crippen molar-refractivity contribution < 1.29 is 14.9 Å². The number of aromatic nitrogens is 2. The second kappa shape index (κ2) is 6.09. The van der Waals surface area contributed by atoms with Crippen LogP contribution < -0.4 is 10.1 Å². The molecule has 92 valence electrons. The monoisotopic (exact) mass is 247 g/mol. The minimum absolute atomic E-state index is 0.157. The molecule has 7 heteroatoms. The zero-order valence-electron chi connectivity index (χ0n) is 9.38. The summed E-state index contributed by atoms with van der Waals surface area (Å²) in [7, 11) is 0. The fourth-order valence-electron chi connectivity index (χ4n) is 1.00. The third-order valence-electron chi connectivity index (χ3n) is 1.70. The van der Waals surface area contributed by atoms with Gasteiger partial charge in [0.05, 0.1) is 17.3 Å². The normalized spacial score (nSPS) is 13.8. The van der Waals surface area contributed by atoms with E-state index in [0.29, 0.717) is 19.0 Å². The lowest BCUT2D eigenvalue weighted by Gasteiger charge is -2.19. The molecule has 1 atom stereocenters. The van der Waals surface area contributed by atoms with E-state index in [1.165, 1.54) is 6.20 Å². The van der Waals surface area contributed by atoms with Crippen molar-refractivity contribution in [3.63, 3.8) is 0 Å². The number of aliphatic hydroxyl groups excluding tert-OH is 1. The average Bonchev–Trinajstić information content (AvgIpc) is 2.65. The predicted octanol–water partition coefficient (Wildman–Crippen LogP) is -0.362. The number of rotatable bonds is 7. The molecule has 0 spiro atoms. The maximum absolute atomic E-state index is 9.53. The van der Waals surface area contributed by atoms with E-state index in [2.05, 4.69) is 14.1 Å². The Bertz CT molecular complexity index is 287. The van der Waals surface area contributed by atoms with Gasteiger partial charge in [-0.1, -0.05) is 0 Å². The van der Waals surface area contributed by atoms with Crippen molar-refractivity contribution >= 4 is 11.7 Å². The van der Waals surface area contributed by atoms with Crippen molar-refractivity contribution in [1.29, 1.82) is 0 Å². The van der Waals surface area contributed by atoms with Crippen molar-refractivity contribution in [3.05, 3.63) is 6.20 Å². The van der Waals surface area contributed by atoms with Crippen LogP contribution in [0.15, 0.2) is 6.20 Å². The Morgan fingerprint density at radius 1 is 1.62 bits per heavy atom. The minimum Gasteiger partial charge on any atom is -0.473 e. The first-order valence-electron chi connectivity index (χ1n) is 4.99. The predicted molar refractivity (Wildman–Crippen MR) is 60.6 cm³/mol. The number of hydrogen-bond acceptors (Lipinski definition) is 7. The molecule has 0 amide bonds. The van der Waals surface area contributed by atoms with Crippen LogP contribution in [0, 0.1) is 0 Å². The highest BCUT2D eigenvalue weighted by molar-refractivity contribution is 6.99. The first-order valence-corrected chi connectivity index (χ1v) is 5.72. The number of aliphatic hydroxyl groups is 2. The van der Waals surface area contributed by atoms with Crippen molar-refractivity contribution in [1.82, 2.24) is 14.1 Å². The maximum atomic E-state index is 9.53. The van der Waals surface area contributed by atoms with E-state index in [1.54, 1.807) is 13.8 Å². The molecule has 0 radical (unpaired) electrons. The van der Waals surface area contributed by atoms with Crippen LogP contribution in [-0.2, 0) is 0 Å². The molecular formula is C9H17N3O3S. The van der Waals surface area contributed by atoms with E-state index in [9.17, 15) is 10.2 Å². The molecule has 0 aliphatic heterocycles. The van der Waals surface area contributed by atoms with Gasteiger partial charge in [0.1, 0.15) is 18.9 Å². The second-order valence-corrected chi connectivity index (χ2v) is 4.71. The summed E-state index contributed by atoms with van der Waals surface area (Å²) < 4.78 is 12.8. The molecule has 1 aromatic rings. The van der Waals surface area contributed by atoms with Gasteiger partial charge in [0.2, 0.25) is 5.88 Å². The van der Waals surface area contributed by atoms with Gasteiger partial charge in [-0.2, -0.15) is 4.37 Å². The largest absolute Gasteiger partial charge is 0.473 e. The molecule has 0 aliphatic carbocycles. The highest BCUT2D eigenvalue weighted by Crippen LogP contribution is 2.05. The molecular weight excluding hydrogens is 230 g/mol. The number of ether oxygens (including phenoxy) is 1. The van der Waals surface area contributed by atoms with Gasteiger partial charge in [-0.05, 0) is 13.8 Å². The highest BCUT2D eigenvalue weighted by Gasteiger charge is 2.13. The summed E-state index contributed by atoms with van der Waals surface area (Å²) in [6.07, 6.45) is 0.866. The molecule has 1 rings (SSSR count). The summed E-state index contributed by atoms with van der Waals surface area (Å²) in [6, 6.07) is 0. The van der Waals surface area contributed by atoms with Gasteiger partial charge in [0, 0.05) is 13.1 Å². The molecule has 16 heavy (non-hydrogen) atoms. The Kier molecular flexibility index (Phi) is 5.07. The lowest BCUT2D eigenvalue weighted by Crippen LogP contribution is -2.40. The Morgan fingerprint density at radius 2 is 2.38 bits per heavy atom. The first-order chi connectivity index (χ1) is 7.47. The van der Waals surface area contributed by atoms with Gasteiger partial charge in [-0.3, -0.25) is 0 Å². The molecule has 6 nitrogen and oxygen atoms in total. The fraction of sp³-hybridized carbons (Fsp3) is 0.778. The molecule has 0 saturated carbocycles. The van der Waals surface area contributed by atoms with Gasteiger partial charge in [0.25, 0.3) is 0 Å². The van der Waals surface area contributed by atoms with E-state index in [0.717, 1.165) is 11.7 Å². The Morgan fingerprint density at radius 3 is 2.94 bits per heavy atom. The summed E-state index contributed by atoms with van der Waals surface area (Å²) in [5.74, 6) is 0.423. The lowest BCUT2D eigenvalue weighted by molar-refractivity contribution is 0.0661. The summed E-state index contributed by atoms with van der Waals surface area (Å²) in [4.78, 5) is 0. The molecule has 1 aromatic heterocycles. The zero-order chi connectivity index (χ0) is 12.0. The molecule has 1 unspecified atom stereocenters. The number of hydrogen-bond donors (Lipinski definition) is 3. The van der Waals surface area contributed by atoms with Crippen LogP contribution in [0.2, 0.25) is 0 Å². The van der Waals surface area contributed by atoms with E-state index in [4.69, 9.17) is 4.74 Å². The van der Waals surface area contributed by atoms with E-state index in [-0.39, 0.29) is 6.61 Å². The molecule has 0 bridgehead atoms. The van der Waals surface area contributed by atoms with Crippen LogP contribution in [0.3, 0.4) is 0 Å². The Balaban J connectivity index is 2.09. The highest BCUT2D eigenvalue weighted by atomic mass is 32.1. The van der Waals surface area contributed by atoms with Crippen molar-refractivity contribution in [3.8, 4) is 5.88 Å². The third kappa shape index (κ3) is 5.96. The van der Waals surface area contributed by atoms with Crippen LogP contribution in [-0.4, -0.2) is 50.4 Å². The zero-order valence-corrected chi connectivity index (χ0v) is 10.2. The Hall–Kier alpha value is -0.760. The summed E-state index contributed by atoms with van der Waals surface area (Å²) in [6.45, 7) is 4.34. The van der Waals surface area contributed by atoms with E-state index >= 15 is 0 Å². The van der Waals surface area contributed by atoms with Crippen LogP contribution in [0.5, 0.6) is 5.88 Å². The van der Waals surface area contributed by atoms with Crippen molar-refractivity contribution in [2.24, 2.45) is 0 Å². The minimum atomic E-state index is -0.778. The molecule has 0 saturated heterocycles. The number of nitrogens with zero attached hydrogens (tertiary/aromatic N) is 2. The van der Waals surface area contributed by atoms with Gasteiger partial charge < -0.3 is 20.3 Å². The number of nitrogens with one attached hydrogen (secondary N) is 1. The van der Waals surface area contributed by atoms with Gasteiger partial charge in [0.15, 0.2) is 0 Å². The van der Waals surface area contributed by atoms with Crippen LogP contribution in [0.4, 0.5) is 0 Å². The van der Waals surface area contributed by atoms with Crippen molar-refractivity contribution in [2.75, 3.05) is 19.7 Å². The SMILES string of the molecule is CC(C)(O)CNCC(O)COc1cnsn1. The van der Waals surface area contributed by atoms with Crippen LogP contribution in [0.1, 0.15) is 13.8 Å². The quantitative estimate of drug-likeness (QED) is 0.610. The van der Waals surface area contributed by atoms with Crippen LogP contribution >= 0.6 is 11.7 Å². The first kappa shape index (κ1) is 13.3.